The Morgan fingerprint density at radius 2 is 2.27 bits per heavy atom. The van der Waals surface area contributed by atoms with Crippen molar-refractivity contribution in [1.29, 1.82) is 0 Å². The Morgan fingerprint density at radius 1 is 1.64 bits per heavy atom. The lowest BCUT2D eigenvalue weighted by molar-refractivity contribution is -0.128. The van der Waals surface area contributed by atoms with Gasteiger partial charge in [0.2, 0.25) is 0 Å². The maximum atomic E-state index is 11.1. The molecule has 2 nitrogen and oxygen atoms in total. The second-order valence-electron chi connectivity index (χ2n) is 3.39. The average molecular weight is 156 g/mol. The standard InChI is InChI=1S/C9H16O2/c1-2-8(10)9(11)6-7-4-3-5-7/h7-8,10H,2-6H2,1H3. The summed E-state index contributed by atoms with van der Waals surface area (Å²) in [7, 11) is 0. The van der Waals surface area contributed by atoms with Gasteiger partial charge in [0.15, 0.2) is 5.78 Å². The van der Waals surface area contributed by atoms with E-state index >= 15 is 0 Å². The zero-order valence-electron chi connectivity index (χ0n) is 7.05. The molecule has 0 aliphatic heterocycles. The van der Waals surface area contributed by atoms with Crippen LogP contribution < -0.4 is 0 Å². The molecule has 0 aromatic carbocycles. The Balaban J connectivity index is 2.19. The molecule has 1 aliphatic rings. The topological polar surface area (TPSA) is 37.3 Å². The van der Waals surface area contributed by atoms with Crippen molar-refractivity contribution < 1.29 is 9.90 Å². The largest absolute Gasteiger partial charge is 0.385 e. The molecule has 1 saturated carbocycles. The molecule has 0 bridgehead atoms. The zero-order valence-corrected chi connectivity index (χ0v) is 7.05. The van der Waals surface area contributed by atoms with Gasteiger partial charge in [-0.3, -0.25) is 4.79 Å². The van der Waals surface area contributed by atoms with Crippen molar-refractivity contribution in [2.24, 2.45) is 5.92 Å². The van der Waals surface area contributed by atoms with Crippen LogP contribution in [0.15, 0.2) is 0 Å². The van der Waals surface area contributed by atoms with Crippen molar-refractivity contribution in [3.05, 3.63) is 0 Å². The van der Waals surface area contributed by atoms with Gasteiger partial charge in [-0.25, -0.2) is 0 Å². The van der Waals surface area contributed by atoms with Crippen molar-refractivity contribution in [3.63, 3.8) is 0 Å². The van der Waals surface area contributed by atoms with Gasteiger partial charge in [-0.2, -0.15) is 0 Å². The minimum atomic E-state index is -0.699. The van der Waals surface area contributed by atoms with Gasteiger partial charge < -0.3 is 5.11 Å². The SMILES string of the molecule is CCC(O)C(=O)CC1CCC1. The fourth-order valence-corrected chi connectivity index (χ4v) is 1.35. The molecular weight excluding hydrogens is 140 g/mol. The highest BCUT2D eigenvalue weighted by molar-refractivity contribution is 5.82. The molecule has 1 unspecified atom stereocenters. The Hall–Kier alpha value is -0.370. The molecule has 11 heavy (non-hydrogen) atoms. The Labute approximate surface area is 67.6 Å². The van der Waals surface area contributed by atoms with E-state index in [0.29, 0.717) is 18.8 Å². The molecule has 1 atom stereocenters. The minimum absolute atomic E-state index is 0.0391. The second kappa shape index (κ2) is 3.86. The molecule has 0 radical (unpaired) electrons. The van der Waals surface area contributed by atoms with Crippen LogP contribution in [0.25, 0.3) is 0 Å². The molecule has 1 N–H and O–H groups in total. The first-order chi connectivity index (χ1) is 5.24. The van der Waals surface area contributed by atoms with E-state index in [9.17, 15) is 4.79 Å². The Morgan fingerprint density at radius 3 is 2.64 bits per heavy atom. The third-order valence-corrected chi connectivity index (χ3v) is 2.47. The molecule has 0 aromatic rings. The number of carbonyl (C=O) groups excluding carboxylic acids is 1. The summed E-state index contributed by atoms with van der Waals surface area (Å²) in [6.45, 7) is 1.84. The van der Waals surface area contributed by atoms with E-state index in [-0.39, 0.29) is 5.78 Å². The Bertz CT molecular complexity index is 138. The number of carbonyl (C=O) groups is 1. The van der Waals surface area contributed by atoms with Gasteiger partial charge in [0.05, 0.1) is 0 Å². The summed E-state index contributed by atoms with van der Waals surface area (Å²) in [4.78, 5) is 11.1. The van der Waals surface area contributed by atoms with Gasteiger partial charge >= 0.3 is 0 Å². The van der Waals surface area contributed by atoms with E-state index in [2.05, 4.69) is 0 Å². The molecule has 0 saturated heterocycles. The summed E-state index contributed by atoms with van der Waals surface area (Å²) in [5, 5.41) is 9.15. The summed E-state index contributed by atoms with van der Waals surface area (Å²) in [5.74, 6) is 0.626. The third kappa shape index (κ3) is 2.29. The summed E-state index contributed by atoms with van der Waals surface area (Å²) >= 11 is 0. The molecule has 0 spiro atoms. The van der Waals surface area contributed by atoms with Gasteiger partial charge in [0, 0.05) is 6.42 Å². The van der Waals surface area contributed by atoms with Crippen molar-refractivity contribution in [1.82, 2.24) is 0 Å². The van der Waals surface area contributed by atoms with Gasteiger partial charge in [0.25, 0.3) is 0 Å². The smallest absolute Gasteiger partial charge is 0.161 e. The normalized spacial score (nSPS) is 20.9. The fraction of sp³-hybridized carbons (Fsp3) is 0.889. The minimum Gasteiger partial charge on any atom is -0.385 e. The fourth-order valence-electron chi connectivity index (χ4n) is 1.35. The number of aliphatic hydroxyl groups is 1. The lowest BCUT2D eigenvalue weighted by Gasteiger charge is -2.25. The van der Waals surface area contributed by atoms with E-state index in [1.165, 1.54) is 19.3 Å². The van der Waals surface area contributed by atoms with Crippen LogP contribution in [-0.2, 0) is 4.79 Å². The first-order valence-electron chi connectivity index (χ1n) is 4.44. The quantitative estimate of drug-likeness (QED) is 0.670. The molecule has 2 heteroatoms. The molecule has 0 aromatic heterocycles. The number of rotatable bonds is 4. The highest BCUT2D eigenvalue weighted by Gasteiger charge is 2.23. The van der Waals surface area contributed by atoms with Gasteiger partial charge in [-0.15, -0.1) is 0 Å². The maximum absolute atomic E-state index is 11.1. The summed E-state index contributed by atoms with van der Waals surface area (Å²) in [6.07, 6.45) is 4.10. The van der Waals surface area contributed by atoms with Crippen LogP contribution in [0.3, 0.4) is 0 Å². The summed E-state index contributed by atoms with van der Waals surface area (Å²) in [5.41, 5.74) is 0. The predicted molar refractivity (Wildman–Crippen MR) is 43.3 cm³/mol. The number of hydrogen-bond acceptors (Lipinski definition) is 2. The highest BCUT2D eigenvalue weighted by Crippen LogP contribution is 2.29. The molecule has 0 amide bonds. The zero-order chi connectivity index (χ0) is 8.27. The predicted octanol–water partition coefficient (Wildman–Crippen LogP) is 1.52. The van der Waals surface area contributed by atoms with E-state index in [1.54, 1.807) is 0 Å². The van der Waals surface area contributed by atoms with Crippen molar-refractivity contribution in [2.45, 2.75) is 45.1 Å². The highest BCUT2D eigenvalue weighted by atomic mass is 16.3. The molecular formula is C9H16O2. The number of Topliss-reactive ketones (excluding diaryl/α,β-unsaturated/α-hetero) is 1. The molecule has 1 fully saturated rings. The van der Waals surface area contributed by atoms with Gasteiger partial charge in [0.1, 0.15) is 6.10 Å². The van der Waals surface area contributed by atoms with Gasteiger partial charge in [-0.1, -0.05) is 26.2 Å². The summed E-state index contributed by atoms with van der Waals surface area (Å²) in [6, 6.07) is 0. The monoisotopic (exact) mass is 156 g/mol. The van der Waals surface area contributed by atoms with E-state index in [1.807, 2.05) is 6.92 Å². The van der Waals surface area contributed by atoms with Crippen LogP contribution in [0.5, 0.6) is 0 Å². The lowest BCUT2D eigenvalue weighted by Crippen LogP contribution is -2.24. The second-order valence-corrected chi connectivity index (χ2v) is 3.39. The van der Waals surface area contributed by atoms with Crippen LogP contribution in [0.2, 0.25) is 0 Å². The number of hydrogen-bond donors (Lipinski definition) is 1. The first-order valence-corrected chi connectivity index (χ1v) is 4.44. The number of ketones is 1. The third-order valence-electron chi connectivity index (χ3n) is 2.47. The Kier molecular flexibility index (Phi) is 3.06. The van der Waals surface area contributed by atoms with Gasteiger partial charge in [-0.05, 0) is 12.3 Å². The van der Waals surface area contributed by atoms with Crippen LogP contribution in [-0.4, -0.2) is 17.0 Å². The van der Waals surface area contributed by atoms with E-state index in [4.69, 9.17) is 5.11 Å². The van der Waals surface area contributed by atoms with Crippen LogP contribution in [0.4, 0.5) is 0 Å². The van der Waals surface area contributed by atoms with E-state index in [0.717, 1.165) is 0 Å². The van der Waals surface area contributed by atoms with Crippen LogP contribution in [0, 0.1) is 5.92 Å². The van der Waals surface area contributed by atoms with E-state index < -0.39 is 6.10 Å². The number of aliphatic hydroxyl groups excluding tert-OH is 1. The van der Waals surface area contributed by atoms with Crippen molar-refractivity contribution >= 4 is 5.78 Å². The van der Waals surface area contributed by atoms with Crippen LogP contribution >= 0.6 is 0 Å². The molecule has 1 aliphatic carbocycles. The van der Waals surface area contributed by atoms with Crippen molar-refractivity contribution in [3.8, 4) is 0 Å². The molecule has 64 valence electrons. The maximum Gasteiger partial charge on any atom is 0.161 e. The van der Waals surface area contributed by atoms with Crippen LogP contribution in [0.1, 0.15) is 39.0 Å². The lowest BCUT2D eigenvalue weighted by atomic mass is 9.81. The average Bonchev–Trinajstić information content (AvgIpc) is 1.94. The molecule has 1 rings (SSSR count). The summed E-state index contributed by atoms with van der Waals surface area (Å²) < 4.78 is 0. The molecule has 0 heterocycles. The van der Waals surface area contributed by atoms with Crippen molar-refractivity contribution in [2.75, 3.05) is 0 Å². The first kappa shape index (κ1) is 8.72.